The van der Waals surface area contributed by atoms with Gasteiger partial charge in [-0.05, 0) is 17.7 Å². The van der Waals surface area contributed by atoms with Gasteiger partial charge in [0.2, 0.25) is 5.91 Å². The Bertz CT molecular complexity index is 805. The molecule has 1 N–H and O–H groups in total. The van der Waals surface area contributed by atoms with Gasteiger partial charge in [-0.1, -0.05) is 35.9 Å². The molecule has 7 nitrogen and oxygen atoms in total. The number of nitrogens with one attached hydrogen (secondary N) is 1. The molecular weight excluding hydrogens is 348 g/mol. The molecule has 2 rings (SSSR count). The topological polar surface area (TPSA) is 98.5 Å². The number of nitrogens with zero attached hydrogens (tertiary/aromatic N) is 1. The predicted molar refractivity (Wildman–Crippen MR) is 91.9 cm³/mol. The summed E-state index contributed by atoms with van der Waals surface area (Å²) in [6.07, 6.45) is 0. The highest BCUT2D eigenvalue weighted by atomic mass is 35.5. The smallest absolute Gasteiger partial charge is 0.312 e. The number of hydrogen-bond donors (Lipinski definition) is 1. The van der Waals surface area contributed by atoms with Crippen molar-refractivity contribution in [1.29, 1.82) is 0 Å². The number of nitro groups is 1. The quantitative estimate of drug-likeness (QED) is 0.463. The fraction of sp³-hybridized carbons (Fsp3) is 0.176. The number of ether oxygens (including phenoxy) is 1. The SMILES string of the molecule is CC(=O)NCc1ccc(C(=O)COc2ccc(Cl)cc2[N+](=O)[O-])cc1. The first-order chi connectivity index (χ1) is 11.9. The van der Waals surface area contributed by atoms with Crippen LogP contribution in [0.4, 0.5) is 5.69 Å². The fourth-order valence-electron chi connectivity index (χ4n) is 2.02. The largest absolute Gasteiger partial charge is 0.478 e. The Balaban J connectivity index is 2.01. The molecular formula is C17H15ClN2O5. The third kappa shape index (κ3) is 5.29. The third-order valence-corrected chi connectivity index (χ3v) is 3.53. The highest BCUT2D eigenvalue weighted by Crippen LogP contribution is 2.29. The van der Waals surface area contributed by atoms with Gasteiger partial charge in [-0.25, -0.2) is 0 Å². The standard InChI is InChI=1S/C17H15ClN2O5/c1-11(21)19-9-12-2-4-13(5-3-12)16(22)10-25-17-7-6-14(18)8-15(17)20(23)24/h2-8H,9-10H2,1H3,(H,19,21). The molecule has 0 aliphatic rings. The summed E-state index contributed by atoms with van der Waals surface area (Å²) < 4.78 is 5.27. The molecule has 0 atom stereocenters. The molecule has 0 unspecified atom stereocenters. The second kappa shape index (κ2) is 8.25. The number of benzene rings is 2. The molecule has 130 valence electrons. The van der Waals surface area contributed by atoms with Crippen molar-refractivity contribution < 1.29 is 19.2 Å². The van der Waals surface area contributed by atoms with Crippen LogP contribution in [0.1, 0.15) is 22.8 Å². The van der Waals surface area contributed by atoms with Gasteiger partial charge >= 0.3 is 5.69 Å². The molecule has 0 saturated heterocycles. The Labute approximate surface area is 148 Å². The van der Waals surface area contributed by atoms with E-state index < -0.39 is 4.92 Å². The van der Waals surface area contributed by atoms with Crippen molar-refractivity contribution in [3.05, 3.63) is 68.7 Å². The molecule has 2 aromatic rings. The average Bonchev–Trinajstić information content (AvgIpc) is 2.58. The number of ketones is 1. The molecule has 25 heavy (non-hydrogen) atoms. The van der Waals surface area contributed by atoms with Gasteiger partial charge in [0, 0.05) is 30.1 Å². The number of Topliss-reactive ketones (excluding diaryl/α,β-unsaturated/α-hetero) is 1. The van der Waals surface area contributed by atoms with Gasteiger partial charge in [0.25, 0.3) is 0 Å². The molecule has 0 aliphatic carbocycles. The monoisotopic (exact) mass is 362 g/mol. The van der Waals surface area contributed by atoms with Crippen LogP contribution >= 0.6 is 11.6 Å². The van der Waals surface area contributed by atoms with Crippen LogP contribution in [-0.4, -0.2) is 23.2 Å². The van der Waals surface area contributed by atoms with Crippen molar-refractivity contribution in [2.45, 2.75) is 13.5 Å². The Hall–Kier alpha value is -2.93. The summed E-state index contributed by atoms with van der Waals surface area (Å²) in [4.78, 5) is 33.4. The van der Waals surface area contributed by atoms with Crippen molar-refractivity contribution in [2.75, 3.05) is 6.61 Å². The van der Waals surface area contributed by atoms with Gasteiger partial charge in [0.1, 0.15) is 0 Å². The van der Waals surface area contributed by atoms with Crippen LogP contribution in [0.3, 0.4) is 0 Å². The number of halogens is 1. The van der Waals surface area contributed by atoms with E-state index in [4.69, 9.17) is 16.3 Å². The first kappa shape index (κ1) is 18.4. The van der Waals surface area contributed by atoms with E-state index in [0.717, 1.165) is 11.6 Å². The second-order valence-electron chi connectivity index (χ2n) is 5.19. The predicted octanol–water partition coefficient (Wildman–Crippen LogP) is 3.15. The van der Waals surface area contributed by atoms with Gasteiger partial charge in [0.05, 0.1) is 4.92 Å². The summed E-state index contributed by atoms with van der Waals surface area (Å²) in [6.45, 7) is 1.45. The molecule has 2 aromatic carbocycles. The first-order valence-electron chi connectivity index (χ1n) is 7.30. The van der Waals surface area contributed by atoms with Crippen molar-refractivity contribution in [3.8, 4) is 5.75 Å². The number of carbonyl (C=O) groups excluding carboxylic acids is 2. The lowest BCUT2D eigenvalue weighted by Gasteiger charge is -2.07. The number of nitro benzene ring substituents is 1. The Morgan fingerprint density at radius 2 is 1.88 bits per heavy atom. The van der Waals surface area contributed by atoms with Crippen LogP contribution in [0.25, 0.3) is 0 Å². The van der Waals surface area contributed by atoms with Gasteiger partial charge in [-0.2, -0.15) is 0 Å². The Kier molecular flexibility index (Phi) is 6.08. The molecule has 0 saturated carbocycles. The summed E-state index contributed by atoms with van der Waals surface area (Å²) in [5, 5.41) is 13.9. The first-order valence-corrected chi connectivity index (χ1v) is 7.68. The minimum Gasteiger partial charge on any atom is -0.478 e. The highest BCUT2D eigenvalue weighted by Gasteiger charge is 2.17. The van der Waals surface area contributed by atoms with E-state index in [9.17, 15) is 19.7 Å². The Morgan fingerprint density at radius 3 is 2.48 bits per heavy atom. The zero-order valence-electron chi connectivity index (χ0n) is 13.3. The highest BCUT2D eigenvalue weighted by molar-refractivity contribution is 6.30. The molecule has 1 amide bonds. The minimum atomic E-state index is -0.623. The van der Waals surface area contributed by atoms with E-state index in [1.165, 1.54) is 19.1 Å². The van der Waals surface area contributed by atoms with Crippen LogP contribution in [0.2, 0.25) is 5.02 Å². The van der Waals surface area contributed by atoms with Gasteiger partial charge in [0.15, 0.2) is 18.1 Å². The van der Waals surface area contributed by atoms with E-state index >= 15 is 0 Å². The van der Waals surface area contributed by atoms with Crippen molar-refractivity contribution >= 4 is 29.0 Å². The summed E-state index contributed by atoms with van der Waals surface area (Å²) in [5.41, 5.74) is 0.954. The van der Waals surface area contributed by atoms with Crippen molar-refractivity contribution in [3.63, 3.8) is 0 Å². The zero-order valence-corrected chi connectivity index (χ0v) is 14.1. The minimum absolute atomic E-state index is 0.0231. The molecule has 0 aromatic heterocycles. The second-order valence-corrected chi connectivity index (χ2v) is 5.62. The maximum Gasteiger partial charge on any atom is 0.312 e. The van der Waals surface area contributed by atoms with E-state index in [1.807, 2.05) is 0 Å². The lowest BCUT2D eigenvalue weighted by Crippen LogP contribution is -2.19. The van der Waals surface area contributed by atoms with Gasteiger partial charge in [-0.3, -0.25) is 19.7 Å². The van der Waals surface area contributed by atoms with Crippen LogP contribution in [-0.2, 0) is 11.3 Å². The van der Waals surface area contributed by atoms with E-state index in [-0.39, 0.29) is 34.8 Å². The van der Waals surface area contributed by atoms with E-state index in [0.29, 0.717) is 12.1 Å². The van der Waals surface area contributed by atoms with E-state index in [2.05, 4.69) is 5.32 Å². The molecule has 0 bridgehead atoms. The van der Waals surface area contributed by atoms with E-state index in [1.54, 1.807) is 24.3 Å². The molecule has 0 radical (unpaired) electrons. The summed E-state index contributed by atoms with van der Waals surface area (Å²) >= 11 is 5.73. The molecule has 8 heteroatoms. The van der Waals surface area contributed by atoms with Crippen LogP contribution in [0, 0.1) is 10.1 Å². The van der Waals surface area contributed by atoms with Gasteiger partial charge < -0.3 is 10.1 Å². The molecule has 0 heterocycles. The summed E-state index contributed by atoms with van der Waals surface area (Å²) in [5.74, 6) is -0.488. The molecule has 0 fully saturated rings. The molecule has 0 spiro atoms. The summed E-state index contributed by atoms with van der Waals surface area (Å²) in [6, 6.07) is 10.6. The Morgan fingerprint density at radius 1 is 1.20 bits per heavy atom. The number of hydrogen-bond acceptors (Lipinski definition) is 5. The van der Waals surface area contributed by atoms with Gasteiger partial charge in [-0.15, -0.1) is 0 Å². The fourth-order valence-corrected chi connectivity index (χ4v) is 2.18. The zero-order chi connectivity index (χ0) is 18.4. The third-order valence-electron chi connectivity index (χ3n) is 3.29. The summed E-state index contributed by atoms with van der Waals surface area (Å²) in [7, 11) is 0. The van der Waals surface area contributed by atoms with Crippen LogP contribution in [0.15, 0.2) is 42.5 Å². The average molecular weight is 363 g/mol. The van der Waals surface area contributed by atoms with Crippen molar-refractivity contribution in [1.82, 2.24) is 5.32 Å². The maximum atomic E-state index is 12.2. The van der Waals surface area contributed by atoms with Crippen molar-refractivity contribution in [2.24, 2.45) is 0 Å². The lowest BCUT2D eigenvalue weighted by atomic mass is 10.1. The number of carbonyl (C=O) groups is 2. The lowest BCUT2D eigenvalue weighted by molar-refractivity contribution is -0.385. The van der Waals surface area contributed by atoms with Crippen LogP contribution < -0.4 is 10.1 Å². The normalized spacial score (nSPS) is 10.2. The number of amides is 1. The number of rotatable bonds is 7. The van der Waals surface area contributed by atoms with Crippen LogP contribution in [0.5, 0.6) is 5.75 Å². The molecule has 0 aliphatic heterocycles. The maximum absolute atomic E-state index is 12.2.